The molecule has 0 aromatic heterocycles. The van der Waals surface area contributed by atoms with Gasteiger partial charge in [-0.15, -0.1) is 0 Å². The van der Waals surface area contributed by atoms with E-state index in [0.717, 1.165) is 28.3 Å². The van der Waals surface area contributed by atoms with Gasteiger partial charge in [0.25, 0.3) is 0 Å². The molecule has 0 aliphatic carbocycles. The minimum Gasteiger partial charge on any atom is -0.497 e. The van der Waals surface area contributed by atoms with Crippen molar-refractivity contribution in [3.63, 3.8) is 0 Å². The van der Waals surface area contributed by atoms with Crippen LogP contribution in [0.4, 0.5) is 17.1 Å². The zero-order valence-corrected chi connectivity index (χ0v) is 19.0. The number of rotatable bonds is 8. The van der Waals surface area contributed by atoms with Gasteiger partial charge in [-0.3, -0.25) is 9.59 Å². The minimum atomic E-state index is -0.125. The predicted molar refractivity (Wildman–Crippen MR) is 129 cm³/mol. The van der Waals surface area contributed by atoms with E-state index >= 15 is 0 Å². The number of benzene rings is 3. The normalized spacial score (nSPS) is 10.4. The van der Waals surface area contributed by atoms with E-state index in [2.05, 4.69) is 5.32 Å². The molecule has 0 fully saturated rings. The van der Waals surface area contributed by atoms with Crippen molar-refractivity contribution in [3.8, 4) is 5.75 Å². The van der Waals surface area contributed by atoms with Gasteiger partial charge in [-0.1, -0.05) is 24.3 Å². The second-order valence-corrected chi connectivity index (χ2v) is 7.79. The average molecular weight is 432 g/mol. The van der Waals surface area contributed by atoms with Crippen LogP contribution in [0.2, 0.25) is 0 Å². The van der Waals surface area contributed by atoms with Crippen LogP contribution in [0.15, 0.2) is 72.8 Å². The smallest absolute Gasteiger partial charge is 0.231 e. The highest BCUT2D eigenvalue weighted by molar-refractivity contribution is 5.95. The molecule has 0 saturated carbocycles. The van der Waals surface area contributed by atoms with Crippen molar-refractivity contribution in [3.05, 3.63) is 83.9 Å². The Balaban J connectivity index is 1.81. The summed E-state index contributed by atoms with van der Waals surface area (Å²) in [5.74, 6) is 0.601. The molecule has 0 unspecified atom stereocenters. The first-order valence-electron chi connectivity index (χ1n) is 10.4. The molecule has 3 aromatic rings. The number of carbonyl (C=O) groups is 2. The fraction of sp³-hybridized carbons (Fsp3) is 0.231. The molecule has 0 atom stereocenters. The van der Waals surface area contributed by atoms with Crippen LogP contribution < -0.4 is 19.9 Å². The van der Waals surface area contributed by atoms with E-state index in [9.17, 15) is 9.59 Å². The van der Waals surface area contributed by atoms with E-state index in [-0.39, 0.29) is 18.2 Å². The average Bonchev–Trinajstić information content (AvgIpc) is 2.79. The van der Waals surface area contributed by atoms with Crippen LogP contribution in [0.3, 0.4) is 0 Å². The van der Waals surface area contributed by atoms with Gasteiger partial charge in [0.1, 0.15) is 5.75 Å². The number of nitrogens with zero attached hydrogens (tertiary/aromatic N) is 2. The Labute approximate surface area is 189 Å². The van der Waals surface area contributed by atoms with Crippen LogP contribution in [0.5, 0.6) is 5.75 Å². The van der Waals surface area contributed by atoms with Crippen molar-refractivity contribution < 1.29 is 14.3 Å². The molecule has 0 heterocycles. The van der Waals surface area contributed by atoms with Crippen molar-refractivity contribution in [1.82, 2.24) is 0 Å². The van der Waals surface area contributed by atoms with Gasteiger partial charge in [-0.2, -0.15) is 0 Å². The Morgan fingerprint density at radius 1 is 0.812 bits per heavy atom. The van der Waals surface area contributed by atoms with Crippen LogP contribution in [-0.4, -0.2) is 33.0 Å². The molecule has 0 radical (unpaired) electrons. The topological polar surface area (TPSA) is 61.9 Å². The summed E-state index contributed by atoms with van der Waals surface area (Å²) in [6, 6.07) is 23.0. The molecule has 166 valence electrons. The summed E-state index contributed by atoms with van der Waals surface area (Å²) in [5, 5.41) is 2.74. The van der Waals surface area contributed by atoms with Gasteiger partial charge in [0.05, 0.1) is 20.1 Å². The lowest BCUT2D eigenvalue weighted by molar-refractivity contribution is -0.118. The SMILES string of the molecule is COc1ccc(N(Cc2ccc(N(C)C)cc2)C(=O)Cc2ccc(NC(C)=O)cc2)cc1. The van der Waals surface area contributed by atoms with E-state index in [1.807, 2.05) is 91.8 Å². The Bertz CT molecular complexity index is 1040. The summed E-state index contributed by atoms with van der Waals surface area (Å²) in [5.41, 5.74) is 4.55. The van der Waals surface area contributed by atoms with Crippen molar-refractivity contribution in [2.24, 2.45) is 0 Å². The second kappa shape index (κ2) is 10.5. The van der Waals surface area contributed by atoms with E-state index in [1.165, 1.54) is 6.92 Å². The summed E-state index contributed by atoms with van der Waals surface area (Å²) in [4.78, 5) is 28.4. The molecule has 0 spiro atoms. The van der Waals surface area contributed by atoms with Crippen molar-refractivity contribution in [1.29, 1.82) is 0 Å². The lowest BCUT2D eigenvalue weighted by Gasteiger charge is -2.24. The van der Waals surface area contributed by atoms with Crippen LogP contribution in [0.1, 0.15) is 18.1 Å². The van der Waals surface area contributed by atoms with Crippen molar-refractivity contribution >= 4 is 28.9 Å². The minimum absolute atomic E-state index is 0.0147. The third-order valence-corrected chi connectivity index (χ3v) is 5.11. The van der Waals surface area contributed by atoms with E-state index in [0.29, 0.717) is 12.2 Å². The zero-order valence-electron chi connectivity index (χ0n) is 19.0. The summed E-state index contributed by atoms with van der Waals surface area (Å²) in [7, 11) is 5.62. The molecule has 6 heteroatoms. The van der Waals surface area contributed by atoms with Crippen LogP contribution in [0, 0.1) is 0 Å². The van der Waals surface area contributed by atoms with E-state index in [4.69, 9.17) is 4.74 Å². The highest BCUT2D eigenvalue weighted by atomic mass is 16.5. The molecule has 3 aromatic carbocycles. The molecule has 0 bridgehead atoms. The molecule has 6 nitrogen and oxygen atoms in total. The number of methoxy groups -OCH3 is 1. The summed E-state index contributed by atoms with van der Waals surface area (Å²) in [6.07, 6.45) is 0.252. The van der Waals surface area contributed by atoms with E-state index in [1.54, 1.807) is 12.0 Å². The standard InChI is InChI=1S/C26H29N3O3/c1-19(30)27-22-9-5-20(6-10-22)17-26(31)29(24-13-15-25(32-4)16-14-24)18-21-7-11-23(12-8-21)28(2)3/h5-16H,17-18H2,1-4H3,(H,27,30). The highest BCUT2D eigenvalue weighted by Crippen LogP contribution is 2.23. The van der Waals surface area contributed by atoms with Gasteiger partial charge < -0.3 is 19.9 Å². The van der Waals surface area contributed by atoms with Gasteiger partial charge in [0, 0.05) is 38.1 Å². The van der Waals surface area contributed by atoms with Gasteiger partial charge >= 0.3 is 0 Å². The number of hydrogen-bond donors (Lipinski definition) is 1. The molecule has 0 saturated heterocycles. The second-order valence-electron chi connectivity index (χ2n) is 7.79. The summed E-state index contributed by atoms with van der Waals surface area (Å²) in [6.45, 7) is 1.93. The Hall–Kier alpha value is -3.80. The molecule has 2 amide bonds. The maximum Gasteiger partial charge on any atom is 0.231 e. The quantitative estimate of drug-likeness (QED) is 0.571. The number of amides is 2. The number of carbonyl (C=O) groups excluding carboxylic acids is 2. The van der Waals surface area contributed by atoms with E-state index < -0.39 is 0 Å². The molecule has 0 aliphatic rings. The maximum atomic E-state index is 13.3. The number of anilines is 3. The predicted octanol–water partition coefficient (Wildman–Crippen LogP) is 4.50. The van der Waals surface area contributed by atoms with Crippen LogP contribution in [0.25, 0.3) is 0 Å². The molecule has 1 N–H and O–H groups in total. The monoisotopic (exact) mass is 431 g/mol. The van der Waals surface area contributed by atoms with Crippen molar-refractivity contribution in [2.75, 3.05) is 36.3 Å². The Morgan fingerprint density at radius 3 is 1.91 bits per heavy atom. The van der Waals surface area contributed by atoms with Crippen molar-refractivity contribution in [2.45, 2.75) is 19.9 Å². The summed E-state index contributed by atoms with van der Waals surface area (Å²) < 4.78 is 5.26. The molecular weight excluding hydrogens is 402 g/mol. The van der Waals surface area contributed by atoms with Gasteiger partial charge in [-0.05, 0) is 59.7 Å². The van der Waals surface area contributed by atoms with Crippen LogP contribution in [-0.2, 0) is 22.6 Å². The van der Waals surface area contributed by atoms with Gasteiger partial charge in [-0.25, -0.2) is 0 Å². The Morgan fingerprint density at radius 2 is 1.38 bits per heavy atom. The lowest BCUT2D eigenvalue weighted by Crippen LogP contribution is -2.31. The number of ether oxygens (including phenoxy) is 1. The molecular formula is C26H29N3O3. The fourth-order valence-electron chi connectivity index (χ4n) is 3.35. The van der Waals surface area contributed by atoms with Gasteiger partial charge in [0.15, 0.2) is 0 Å². The zero-order chi connectivity index (χ0) is 23.1. The Kier molecular flexibility index (Phi) is 7.49. The largest absolute Gasteiger partial charge is 0.497 e. The third-order valence-electron chi connectivity index (χ3n) is 5.11. The van der Waals surface area contributed by atoms with Gasteiger partial charge in [0.2, 0.25) is 11.8 Å². The molecule has 3 rings (SSSR count). The molecule has 32 heavy (non-hydrogen) atoms. The highest BCUT2D eigenvalue weighted by Gasteiger charge is 2.17. The fourth-order valence-corrected chi connectivity index (χ4v) is 3.35. The number of hydrogen-bond acceptors (Lipinski definition) is 4. The van der Waals surface area contributed by atoms with Crippen LogP contribution >= 0.6 is 0 Å². The molecule has 0 aliphatic heterocycles. The summed E-state index contributed by atoms with van der Waals surface area (Å²) >= 11 is 0. The first-order valence-corrected chi connectivity index (χ1v) is 10.4. The third kappa shape index (κ3) is 6.11. The number of nitrogens with one attached hydrogen (secondary N) is 1. The first-order chi connectivity index (χ1) is 15.4. The lowest BCUT2D eigenvalue weighted by atomic mass is 10.1. The first kappa shape index (κ1) is 22.9. The maximum absolute atomic E-state index is 13.3.